The number of hydrogen-bond donors (Lipinski definition) is 1. The number of sulfonamides is 1. The molecular weight excluding hydrogens is 431 g/mol. The number of carbonyl (C=O) groups excluding carboxylic acids is 1. The zero-order chi connectivity index (χ0) is 22.6. The van der Waals surface area contributed by atoms with Crippen molar-refractivity contribution in [2.75, 3.05) is 37.6 Å². The summed E-state index contributed by atoms with van der Waals surface area (Å²) in [6.07, 6.45) is 2.86. The van der Waals surface area contributed by atoms with Gasteiger partial charge in [0.15, 0.2) is 0 Å². The van der Waals surface area contributed by atoms with Crippen LogP contribution in [0.25, 0.3) is 0 Å². The van der Waals surface area contributed by atoms with E-state index >= 15 is 0 Å². The third kappa shape index (κ3) is 4.93. The number of hydrogen-bond acceptors (Lipinski definition) is 5. The molecule has 0 aromatic heterocycles. The average Bonchev–Trinajstić information content (AvgIpc) is 3.06. The first-order valence-electron chi connectivity index (χ1n) is 10.9. The molecule has 0 radical (unpaired) electrons. The second-order valence-corrected chi connectivity index (χ2v) is 9.61. The molecule has 1 N–H and O–H groups in total. The number of para-hydroxylation sites is 1. The van der Waals surface area contributed by atoms with Crippen LogP contribution < -0.4 is 9.62 Å². The predicted molar refractivity (Wildman–Crippen MR) is 122 cm³/mol. The number of fused-ring (bicyclic) bond motifs is 1. The van der Waals surface area contributed by atoms with Crippen molar-refractivity contribution in [3.8, 4) is 0 Å². The number of piperazine rings is 1. The van der Waals surface area contributed by atoms with E-state index in [1.807, 2.05) is 15.9 Å². The van der Waals surface area contributed by atoms with Gasteiger partial charge in [0.1, 0.15) is 11.7 Å². The van der Waals surface area contributed by atoms with Gasteiger partial charge in [-0.3, -0.25) is 14.5 Å². The van der Waals surface area contributed by atoms with Gasteiger partial charge in [0.25, 0.3) is 10.0 Å². The number of amides is 1. The van der Waals surface area contributed by atoms with Gasteiger partial charge in [0.2, 0.25) is 5.91 Å². The summed E-state index contributed by atoms with van der Waals surface area (Å²) < 4.78 is 40.6. The monoisotopic (exact) mass is 458 g/mol. The minimum Gasteiger partial charge on any atom is -0.366 e. The summed E-state index contributed by atoms with van der Waals surface area (Å²) in [6, 6.07) is 13.5. The van der Waals surface area contributed by atoms with Crippen LogP contribution in [0.3, 0.4) is 0 Å². The van der Waals surface area contributed by atoms with E-state index in [1.165, 1.54) is 6.07 Å². The summed E-state index contributed by atoms with van der Waals surface area (Å²) in [6.45, 7) is 2.95. The quantitative estimate of drug-likeness (QED) is 0.647. The van der Waals surface area contributed by atoms with Crippen molar-refractivity contribution in [3.63, 3.8) is 0 Å². The molecule has 2 aliphatic heterocycles. The van der Waals surface area contributed by atoms with Crippen molar-refractivity contribution in [1.82, 2.24) is 9.62 Å². The summed E-state index contributed by atoms with van der Waals surface area (Å²) >= 11 is 0. The van der Waals surface area contributed by atoms with Crippen LogP contribution in [-0.2, 0) is 14.8 Å². The first kappa shape index (κ1) is 22.3. The van der Waals surface area contributed by atoms with Crippen LogP contribution in [0.1, 0.15) is 31.2 Å². The number of amidine groups is 1. The first-order chi connectivity index (χ1) is 15.5. The van der Waals surface area contributed by atoms with Crippen molar-refractivity contribution in [1.29, 1.82) is 0 Å². The molecule has 9 heteroatoms. The smallest absolute Gasteiger partial charge is 0.263 e. The fourth-order valence-electron chi connectivity index (χ4n) is 4.07. The van der Waals surface area contributed by atoms with E-state index in [-0.39, 0.29) is 16.6 Å². The Balaban J connectivity index is 1.17. The molecule has 0 unspecified atom stereocenters. The number of halogens is 1. The SMILES string of the molecule is O=C(CCCCCN=C1NS(=O)(=O)c2ccccc21)N1CCN(c2ccccc2F)CC1. The molecule has 2 aromatic carbocycles. The lowest BCUT2D eigenvalue weighted by atomic mass is 10.1. The fraction of sp³-hybridized carbons (Fsp3) is 0.391. The molecule has 1 saturated heterocycles. The summed E-state index contributed by atoms with van der Waals surface area (Å²) in [5.41, 5.74) is 1.20. The Kier molecular flexibility index (Phi) is 6.74. The third-order valence-electron chi connectivity index (χ3n) is 5.81. The molecule has 2 aliphatic rings. The molecule has 0 saturated carbocycles. The molecule has 2 heterocycles. The third-order valence-corrected chi connectivity index (χ3v) is 7.20. The van der Waals surface area contributed by atoms with Crippen LogP contribution >= 0.6 is 0 Å². The van der Waals surface area contributed by atoms with Crippen LogP contribution in [-0.4, -0.2) is 57.8 Å². The summed E-state index contributed by atoms with van der Waals surface area (Å²) in [5, 5.41) is 0. The Morgan fingerprint density at radius 2 is 1.69 bits per heavy atom. The number of aliphatic imine (C=N–C) groups is 1. The molecule has 170 valence electrons. The van der Waals surface area contributed by atoms with Crippen LogP contribution in [0.5, 0.6) is 0 Å². The lowest BCUT2D eigenvalue weighted by molar-refractivity contribution is -0.131. The fourth-order valence-corrected chi connectivity index (χ4v) is 5.32. The summed E-state index contributed by atoms with van der Waals surface area (Å²) in [4.78, 5) is 21.0. The van der Waals surface area contributed by atoms with Crippen LogP contribution in [0.2, 0.25) is 0 Å². The molecule has 1 fully saturated rings. The zero-order valence-corrected chi connectivity index (χ0v) is 18.7. The Bertz CT molecular complexity index is 1110. The highest BCUT2D eigenvalue weighted by molar-refractivity contribution is 7.90. The van der Waals surface area contributed by atoms with E-state index in [0.717, 1.165) is 19.3 Å². The second-order valence-electron chi connectivity index (χ2n) is 7.96. The molecule has 0 atom stereocenters. The lowest BCUT2D eigenvalue weighted by Gasteiger charge is -2.36. The summed E-state index contributed by atoms with van der Waals surface area (Å²) in [5.74, 6) is 0.288. The van der Waals surface area contributed by atoms with Crippen molar-refractivity contribution in [2.45, 2.75) is 30.6 Å². The number of carbonyl (C=O) groups is 1. The van der Waals surface area contributed by atoms with Crippen molar-refractivity contribution in [2.24, 2.45) is 4.99 Å². The van der Waals surface area contributed by atoms with Crippen molar-refractivity contribution in [3.05, 3.63) is 59.9 Å². The molecule has 2 aromatic rings. The number of rotatable bonds is 7. The Labute approximate surface area is 188 Å². The molecule has 1 amide bonds. The van der Waals surface area contributed by atoms with Gasteiger partial charge < -0.3 is 9.80 Å². The van der Waals surface area contributed by atoms with E-state index in [0.29, 0.717) is 56.2 Å². The highest BCUT2D eigenvalue weighted by Crippen LogP contribution is 2.22. The molecular formula is C23H27FN4O3S. The lowest BCUT2D eigenvalue weighted by Crippen LogP contribution is -2.49. The van der Waals surface area contributed by atoms with Crippen LogP contribution in [0.15, 0.2) is 58.4 Å². The largest absolute Gasteiger partial charge is 0.366 e. The Hall–Kier alpha value is -2.94. The maximum Gasteiger partial charge on any atom is 0.263 e. The van der Waals surface area contributed by atoms with Crippen molar-refractivity contribution >= 4 is 27.5 Å². The Morgan fingerprint density at radius 3 is 2.47 bits per heavy atom. The molecule has 0 spiro atoms. The van der Waals surface area contributed by atoms with Gasteiger partial charge in [-0.15, -0.1) is 0 Å². The topological polar surface area (TPSA) is 82.1 Å². The molecule has 0 aliphatic carbocycles. The Morgan fingerprint density at radius 1 is 0.969 bits per heavy atom. The maximum atomic E-state index is 13.9. The van der Waals surface area contributed by atoms with Gasteiger partial charge in [-0.2, -0.15) is 0 Å². The van der Waals surface area contributed by atoms with E-state index in [1.54, 1.807) is 36.4 Å². The van der Waals surface area contributed by atoms with Crippen molar-refractivity contribution < 1.29 is 17.6 Å². The van der Waals surface area contributed by atoms with Crippen LogP contribution in [0, 0.1) is 5.82 Å². The highest BCUT2D eigenvalue weighted by Gasteiger charge is 2.29. The molecule has 7 nitrogen and oxygen atoms in total. The number of benzene rings is 2. The van der Waals surface area contributed by atoms with Gasteiger partial charge in [-0.25, -0.2) is 12.8 Å². The van der Waals surface area contributed by atoms with Crippen LogP contribution in [0.4, 0.5) is 10.1 Å². The van der Waals surface area contributed by atoms with Gasteiger partial charge in [0, 0.05) is 44.7 Å². The van der Waals surface area contributed by atoms with E-state index < -0.39 is 10.0 Å². The number of unbranched alkanes of at least 4 members (excludes halogenated alkanes) is 2. The maximum absolute atomic E-state index is 13.9. The average molecular weight is 459 g/mol. The van der Waals surface area contributed by atoms with E-state index in [9.17, 15) is 17.6 Å². The predicted octanol–water partition coefficient (Wildman–Crippen LogP) is 2.77. The number of anilines is 1. The minimum atomic E-state index is -3.51. The number of nitrogens with zero attached hydrogens (tertiary/aromatic N) is 3. The zero-order valence-electron chi connectivity index (χ0n) is 17.8. The minimum absolute atomic E-state index is 0.127. The summed E-state index contributed by atoms with van der Waals surface area (Å²) in [7, 11) is -3.51. The molecule has 0 bridgehead atoms. The van der Waals surface area contributed by atoms with Gasteiger partial charge >= 0.3 is 0 Å². The normalized spacial score (nSPS) is 18.5. The standard InChI is InChI=1S/C23H27FN4O3S/c24-19-9-4-5-10-20(19)27-14-16-28(17-15-27)22(29)12-2-1-7-13-25-23-18-8-3-6-11-21(18)32(30,31)26-23/h3-6,8-11H,1-2,7,12-17H2,(H,25,26). The van der Waals surface area contributed by atoms with Gasteiger partial charge in [-0.1, -0.05) is 30.7 Å². The first-order valence-corrected chi connectivity index (χ1v) is 12.4. The van der Waals surface area contributed by atoms with Gasteiger partial charge in [0.05, 0.1) is 10.6 Å². The second kappa shape index (κ2) is 9.68. The number of nitrogens with one attached hydrogen (secondary N) is 1. The van der Waals surface area contributed by atoms with Gasteiger partial charge in [-0.05, 0) is 37.1 Å². The highest BCUT2D eigenvalue weighted by atomic mass is 32.2. The molecule has 32 heavy (non-hydrogen) atoms. The molecule has 4 rings (SSSR count). The van der Waals surface area contributed by atoms with E-state index in [2.05, 4.69) is 9.71 Å². The van der Waals surface area contributed by atoms with E-state index in [4.69, 9.17) is 0 Å².